The maximum atomic E-state index is 12.7. The molecule has 30 heavy (non-hydrogen) atoms. The Labute approximate surface area is 171 Å². The van der Waals surface area contributed by atoms with Gasteiger partial charge in [-0.05, 0) is 60.4 Å². The van der Waals surface area contributed by atoms with Gasteiger partial charge in [0, 0.05) is 30.9 Å². The van der Waals surface area contributed by atoms with E-state index in [9.17, 15) is 22.8 Å². The number of alkyl halides is 3. The smallest absolute Gasteiger partial charge is 0.381 e. The van der Waals surface area contributed by atoms with Crippen LogP contribution in [-0.4, -0.2) is 36.5 Å². The average Bonchev–Trinajstić information content (AvgIpc) is 3.27. The molecule has 1 saturated heterocycles. The second-order valence-corrected chi connectivity index (χ2v) is 7.58. The number of carbonyl (C=O) groups excluding carboxylic acids is 2. The van der Waals surface area contributed by atoms with E-state index in [1.165, 1.54) is 0 Å². The summed E-state index contributed by atoms with van der Waals surface area (Å²) in [4.78, 5) is 26.9. The van der Waals surface area contributed by atoms with Crippen LogP contribution in [0.1, 0.15) is 33.5 Å². The summed E-state index contributed by atoms with van der Waals surface area (Å²) >= 11 is 0. The molecular weight excluding hydrogens is 397 g/mol. The lowest BCUT2D eigenvalue weighted by atomic mass is 9.97. The van der Waals surface area contributed by atoms with Gasteiger partial charge in [0.15, 0.2) is 0 Å². The van der Waals surface area contributed by atoms with Crippen LogP contribution >= 0.6 is 0 Å². The summed E-state index contributed by atoms with van der Waals surface area (Å²) in [5.41, 5.74) is 1.95. The van der Waals surface area contributed by atoms with Gasteiger partial charge in [-0.25, -0.2) is 0 Å². The second kappa shape index (κ2) is 8.10. The van der Waals surface area contributed by atoms with Crippen molar-refractivity contribution in [3.63, 3.8) is 0 Å². The van der Waals surface area contributed by atoms with E-state index in [4.69, 9.17) is 4.74 Å². The number of nitrogens with one attached hydrogen (secondary N) is 1. The van der Waals surface area contributed by atoms with Gasteiger partial charge in [-0.15, -0.1) is 0 Å². The summed E-state index contributed by atoms with van der Waals surface area (Å²) in [7, 11) is 0. The van der Waals surface area contributed by atoms with Gasteiger partial charge in [-0.2, -0.15) is 13.2 Å². The van der Waals surface area contributed by atoms with Crippen molar-refractivity contribution in [2.75, 3.05) is 25.1 Å². The highest BCUT2D eigenvalue weighted by Gasteiger charge is 2.31. The van der Waals surface area contributed by atoms with Crippen LogP contribution in [0, 0.1) is 5.92 Å². The lowest BCUT2D eigenvalue weighted by Gasteiger charge is -2.31. The Morgan fingerprint density at radius 2 is 1.83 bits per heavy atom. The first-order valence-corrected chi connectivity index (χ1v) is 9.78. The van der Waals surface area contributed by atoms with Crippen molar-refractivity contribution in [3.05, 3.63) is 64.7 Å². The van der Waals surface area contributed by atoms with Crippen LogP contribution in [0.25, 0.3) is 0 Å². The molecule has 1 atom stereocenters. The molecule has 2 aliphatic rings. The summed E-state index contributed by atoms with van der Waals surface area (Å²) in [5.74, 6) is -0.484. The SMILES string of the molecule is O=C(Nc1ccc2c(c1)CN(C(=O)[C@@H]1CCOC1)CC2)c1ccc(C(F)(F)F)cc1. The predicted molar refractivity (Wildman–Crippen MR) is 104 cm³/mol. The van der Waals surface area contributed by atoms with Crippen LogP contribution in [0.15, 0.2) is 42.5 Å². The van der Waals surface area contributed by atoms with Crippen molar-refractivity contribution in [2.45, 2.75) is 25.6 Å². The molecule has 1 fully saturated rings. The first-order valence-electron chi connectivity index (χ1n) is 9.78. The highest BCUT2D eigenvalue weighted by molar-refractivity contribution is 6.04. The standard InChI is InChI=1S/C22H21F3N2O3/c23-22(24,25)18-4-1-15(2-5-18)20(28)26-19-6-3-14-7-9-27(12-17(14)11-19)21(29)16-8-10-30-13-16/h1-6,11,16H,7-10,12-13H2,(H,26,28)/t16-/m1/s1. The number of ether oxygens (including phenoxy) is 1. The molecule has 2 aromatic carbocycles. The van der Waals surface area contributed by atoms with Crippen LogP contribution in [-0.2, 0) is 28.7 Å². The zero-order valence-electron chi connectivity index (χ0n) is 16.2. The fraction of sp³-hybridized carbons (Fsp3) is 0.364. The van der Waals surface area contributed by atoms with Gasteiger partial charge in [-0.1, -0.05) is 6.07 Å². The summed E-state index contributed by atoms with van der Waals surface area (Å²) in [6.45, 7) is 2.20. The van der Waals surface area contributed by atoms with Gasteiger partial charge in [0.1, 0.15) is 0 Å². The zero-order valence-corrected chi connectivity index (χ0v) is 16.2. The Balaban J connectivity index is 1.44. The van der Waals surface area contributed by atoms with E-state index >= 15 is 0 Å². The number of hydrogen-bond acceptors (Lipinski definition) is 3. The molecule has 4 rings (SSSR count). The minimum absolute atomic E-state index is 0.0888. The summed E-state index contributed by atoms with van der Waals surface area (Å²) in [6, 6.07) is 9.58. The Bertz CT molecular complexity index is 951. The van der Waals surface area contributed by atoms with Crippen molar-refractivity contribution in [1.29, 1.82) is 0 Å². The lowest BCUT2D eigenvalue weighted by Crippen LogP contribution is -2.40. The highest BCUT2D eigenvalue weighted by atomic mass is 19.4. The molecule has 8 heteroatoms. The van der Waals surface area contributed by atoms with Crippen LogP contribution in [0.5, 0.6) is 0 Å². The minimum Gasteiger partial charge on any atom is -0.381 e. The minimum atomic E-state index is -4.44. The largest absolute Gasteiger partial charge is 0.416 e. The van der Waals surface area contributed by atoms with E-state index in [-0.39, 0.29) is 17.4 Å². The van der Waals surface area contributed by atoms with Crippen molar-refractivity contribution in [3.8, 4) is 0 Å². The first-order chi connectivity index (χ1) is 14.3. The van der Waals surface area contributed by atoms with Crippen molar-refractivity contribution >= 4 is 17.5 Å². The third-order valence-electron chi connectivity index (χ3n) is 5.54. The number of hydrogen-bond donors (Lipinski definition) is 1. The van der Waals surface area contributed by atoms with E-state index in [1.807, 2.05) is 17.0 Å². The molecule has 2 aliphatic heterocycles. The summed E-state index contributed by atoms with van der Waals surface area (Å²) in [6.07, 6.45) is -2.96. The number of amides is 2. The second-order valence-electron chi connectivity index (χ2n) is 7.58. The monoisotopic (exact) mass is 418 g/mol. The van der Waals surface area contributed by atoms with E-state index in [0.29, 0.717) is 32.0 Å². The molecule has 0 saturated carbocycles. The maximum absolute atomic E-state index is 12.7. The van der Waals surface area contributed by atoms with Crippen molar-refractivity contribution in [1.82, 2.24) is 4.90 Å². The molecule has 2 aromatic rings. The van der Waals surface area contributed by atoms with Crippen LogP contribution in [0.3, 0.4) is 0 Å². The molecule has 0 aliphatic carbocycles. The third kappa shape index (κ3) is 4.33. The van der Waals surface area contributed by atoms with Crippen molar-refractivity contribution in [2.24, 2.45) is 5.92 Å². The highest BCUT2D eigenvalue weighted by Crippen LogP contribution is 2.29. The number of carbonyl (C=O) groups is 2. The number of halogens is 3. The molecule has 158 valence electrons. The van der Waals surface area contributed by atoms with Gasteiger partial charge < -0.3 is 15.0 Å². The zero-order chi connectivity index (χ0) is 21.3. The molecule has 0 aromatic heterocycles. The molecule has 0 spiro atoms. The maximum Gasteiger partial charge on any atom is 0.416 e. The molecule has 1 N–H and O–H groups in total. The number of fused-ring (bicyclic) bond motifs is 1. The molecule has 2 amide bonds. The van der Waals surface area contributed by atoms with Gasteiger partial charge in [0.25, 0.3) is 5.91 Å². The number of rotatable bonds is 3. The van der Waals surface area contributed by atoms with Crippen LogP contribution in [0.4, 0.5) is 18.9 Å². The predicted octanol–water partition coefficient (Wildman–Crippen LogP) is 3.88. The number of benzene rings is 2. The Morgan fingerprint density at radius 3 is 2.50 bits per heavy atom. The normalized spacial score (nSPS) is 18.8. The Kier molecular flexibility index (Phi) is 5.51. The molecule has 2 heterocycles. The van der Waals surface area contributed by atoms with E-state index in [1.54, 1.807) is 6.07 Å². The molecule has 0 radical (unpaired) electrons. The number of anilines is 1. The Morgan fingerprint density at radius 1 is 1.07 bits per heavy atom. The third-order valence-corrected chi connectivity index (χ3v) is 5.54. The van der Waals surface area contributed by atoms with E-state index < -0.39 is 17.6 Å². The molecule has 0 unspecified atom stereocenters. The fourth-order valence-corrected chi connectivity index (χ4v) is 3.82. The summed E-state index contributed by atoms with van der Waals surface area (Å²) < 4.78 is 43.4. The molecular formula is C22H21F3N2O3. The molecule has 5 nitrogen and oxygen atoms in total. The quantitative estimate of drug-likeness (QED) is 0.823. The van der Waals surface area contributed by atoms with Gasteiger partial charge >= 0.3 is 6.18 Å². The average molecular weight is 418 g/mol. The van der Waals surface area contributed by atoms with E-state index in [2.05, 4.69) is 5.32 Å². The molecule has 0 bridgehead atoms. The van der Waals surface area contributed by atoms with E-state index in [0.717, 1.165) is 48.2 Å². The first kappa shape index (κ1) is 20.4. The fourth-order valence-electron chi connectivity index (χ4n) is 3.82. The van der Waals surface area contributed by atoms with Crippen LogP contribution in [0.2, 0.25) is 0 Å². The Hall–Kier alpha value is -2.87. The lowest BCUT2D eigenvalue weighted by molar-refractivity contribution is -0.138. The van der Waals surface area contributed by atoms with Crippen LogP contribution < -0.4 is 5.32 Å². The topological polar surface area (TPSA) is 58.6 Å². The summed E-state index contributed by atoms with van der Waals surface area (Å²) in [5, 5.41) is 2.72. The van der Waals surface area contributed by atoms with Crippen molar-refractivity contribution < 1.29 is 27.5 Å². The van der Waals surface area contributed by atoms with Gasteiger partial charge in [0.2, 0.25) is 5.91 Å². The van der Waals surface area contributed by atoms with Gasteiger partial charge in [0.05, 0.1) is 18.1 Å². The number of nitrogens with zero attached hydrogens (tertiary/aromatic N) is 1. The van der Waals surface area contributed by atoms with Gasteiger partial charge in [-0.3, -0.25) is 9.59 Å².